The third-order valence-corrected chi connectivity index (χ3v) is 7.31. The molecule has 1 aliphatic carbocycles. The number of hydrogen-bond donors (Lipinski definition) is 1. The van der Waals surface area contributed by atoms with Crippen LogP contribution in [0.1, 0.15) is 85.1 Å². The van der Waals surface area contributed by atoms with Gasteiger partial charge in [-0.15, -0.1) is 0 Å². The fourth-order valence-corrected chi connectivity index (χ4v) is 5.88. The van der Waals surface area contributed by atoms with Crippen LogP contribution in [-0.4, -0.2) is 74.4 Å². The lowest BCUT2D eigenvalue weighted by molar-refractivity contribution is -0.0292. The molecule has 1 aromatic rings. The van der Waals surface area contributed by atoms with Gasteiger partial charge in [-0.1, -0.05) is 12.1 Å². The van der Waals surface area contributed by atoms with E-state index in [2.05, 4.69) is 4.72 Å². The molecular weight excluding hydrogens is 524 g/mol. The van der Waals surface area contributed by atoms with Crippen LogP contribution in [0.2, 0.25) is 0 Å². The topological polar surface area (TPSA) is 120 Å². The van der Waals surface area contributed by atoms with Crippen LogP contribution < -0.4 is 9.46 Å². The number of carbonyl (C=O) groups excluding carboxylic acids is 2. The van der Waals surface area contributed by atoms with Gasteiger partial charge in [0.25, 0.3) is 0 Å². The summed E-state index contributed by atoms with van der Waals surface area (Å²) >= 11 is 0. The molecule has 220 valence electrons. The molecular formula is C28H44N2O8S. The molecule has 2 aliphatic rings. The summed E-state index contributed by atoms with van der Waals surface area (Å²) in [6, 6.07) is 6.50. The number of piperidine rings is 1. The minimum atomic E-state index is -3.48. The van der Waals surface area contributed by atoms with Gasteiger partial charge in [0.1, 0.15) is 17.0 Å². The number of likely N-dealkylation sites (tertiary alicyclic amines) is 1. The lowest BCUT2D eigenvalue weighted by Gasteiger charge is -2.41. The minimum absolute atomic E-state index is 0.0493. The second kappa shape index (κ2) is 12.4. The van der Waals surface area contributed by atoms with Crippen LogP contribution in [0.25, 0.3) is 0 Å². The van der Waals surface area contributed by atoms with Gasteiger partial charge in [-0.25, -0.2) is 22.7 Å². The van der Waals surface area contributed by atoms with Crippen LogP contribution in [0.15, 0.2) is 24.3 Å². The predicted molar refractivity (Wildman–Crippen MR) is 147 cm³/mol. The molecule has 39 heavy (non-hydrogen) atoms. The van der Waals surface area contributed by atoms with Gasteiger partial charge in [0.15, 0.2) is 0 Å². The summed E-state index contributed by atoms with van der Waals surface area (Å²) in [6.45, 7) is 11.4. The highest BCUT2D eigenvalue weighted by atomic mass is 32.2. The number of ether oxygens (including phenoxy) is 4. The third kappa shape index (κ3) is 10.3. The molecule has 0 aromatic heterocycles. The zero-order valence-electron chi connectivity index (χ0n) is 24.2. The number of sulfonamides is 1. The van der Waals surface area contributed by atoms with Crippen molar-refractivity contribution in [3.63, 3.8) is 0 Å². The van der Waals surface area contributed by atoms with Gasteiger partial charge >= 0.3 is 12.2 Å². The maximum Gasteiger partial charge on any atom is 0.514 e. The van der Waals surface area contributed by atoms with E-state index in [-0.39, 0.29) is 18.6 Å². The second-order valence-electron chi connectivity index (χ2n) is 12.5. The highest BCUT2D eigenvalue weighted by Gasteiger charge is 2.39. The van der Waals surface area contributed by atoms with Crippen molar-refractivity contribution in [1.82, 2.24) is 9.62 Å². The summed E-state index contributed by atoms with van der Waals surface area (Å²) in [5, 5.41) is 0. The van der Waals surface area contributed by atoms with Crippen LogP contribution in [0, 0.1) is 0 Å². The van der Waals surface area contributed by atoms with Crippen molar-refractivity contribution in [2.24, 2.45) is 0 Å². The van der Waals surface area contributed by atoms with Gasteiger partial charge in [-0.3, -0.25) is 0 Å². The van der Waals surface area contributed by atoms with Gasteiger partial charge in [0, 0.05) is 12.6 Å². The number of benzene rings is 1. The number of hydrogen-bond acceptors (Lipinski definition) is 8. The Morgan fingerprint density at radius 2 is 1.72 bits per heavy atom. The van der Waals surface area contributed by atoms with Crippen molar-refractivity contribution in [2.75, 3.05) is 19.4 Å². The lowest BCUT2D eigenvalue weighted by Crippen LogP contribution is -2.59. The number of amides is 1. The molecule has 4 unspecified atom stereocenters. The van der Waals surface area contributed by atoms with Crippen LogP contribution in [0.4, 0.5) is 9.59 Å². The largest absolute Gasteiger partial charge is 0.514 e. The van der Waals surface area contributed by atoms with Gasteiger partial charge in [0.05, 0.1) is 25.0 Å². The Hall–Kier alpha value is -2.37. The van der Waals surface area contributed by atoms with Crippen LogP contribution in [-0.2, 0) is 24.2 Å². The van der Waals surface area contributed by atoms with Crippen molar-refractivity contribution < 1.29 is 37.0 Å². The Bertz CT molecular complexity index is 1110. The standard InChI is InChI=1S/C28H44N2O8S/c1-27(2,3)37-25(31)30-15-9-12-23(29-39(7,33)34)24(30)18-35-21-14-13-20(16-21)19-10-8-11-22(17-19)36-26(32)38-28(4,5)6/h8,10-11,17,20-21,23-24,29H,9,12-16,18H2,1-7H3. The first-order valence-electron chi connectivity index (χ1n) is 13.6. The van der Waals surface area contributed by atoms with E-state index in [0.717, 1.165) is 31.1 Å². The van der Waals surface area contributed by atoms with Crippen LogP contribution in [0.5, 0.6) is 5.75 Å². The molecule has 4 atom stereocenters. The van der Waals surface area contributed by atoms with E-state index in [4.69, 9.17) is 18.9 Å². The van der Waals surface area contributed by atoms with Crippen LogP contribution in [0.3, 0.4) is 0 Å². The summed E-state index contributed by atoms with van der Waals surface area (Å²) in [7, 11) is -3.48. The van der Waals surface area contributed by atoms with Gasteiger partial charge in [-0.2, -0.15) is 0 Å². The average molecular weight is 569 g/mol. The molecule has 3 rings (SSSR count). The summed E-state index contributed by atoms with van der Waals surface area (Å²) in [4.78, 5) is 26.6. The van der Waals surface area contributed by atoms with E-state index in [1.165, 1.54) is 0 Å². The Morgan fingerprint density at radius 1 is 1.03 bits per heavy atom. The maximum absolute atomic E-state index is 13.0. The quantitative estimate of drug-likeness (QED) is 0.362. The Labute approximate surface area is 232 Å². The molecule has 1 N–H and O–H groups in total. The highest BCUT2D eigenvalue weighted by molar-refractivity contribution is 7.88. The summed E-state index contributed by atoms with van der Waals surface area (Å²) in [5.74, 6) is 0.645. The first-order chi connectivity index (χ1) is 18.0. The van der Waals surface area contributed by atoms with Gasteiger partial charge in [-0.05, 0) is 97.3 Å². The SMILES string of the molecule is CC(C)(C)OC(=O)Oc1cccc(C2CCC(OCC3C(NS(C)(=O)=O)CCCN3C(=O)OC(C)(C)C)C2)c1. The monoisotopic (exact) mass is 568 g/mol. The molecule has 1 aliphatic heterocycles. The third-order valence-electron chi connectivity index (χ3n) is 6.58. The molecule has 0 bridgehead atoms. The van der Waals surface area contributed by atoms with E-state index in [0.29, 0.717) is 25.1 Å². The molecule has 2 fully saturated rings. The molecule has 10 nitrogen and oxygen atoms in total. The second-order valence-corrected chi connectivity index (χ2v) is 14.3. The molecule has 1 saturated carbocycles. The summed E-state index contributed by atoms with van der Waals surface area (Å²) in [5.41, 5.74) is -0.260. The number of nitrogens with zero attached hydrogens (tertiary/aromatic N) is 1. The summed E-state index contributed by atoms with van der Waals surface area (Å²) in [6.07, 6.45) is 3.62. The van der Waals surface area contributed by atoms with Crippen molar-refractivity contribution in [3.8, 4) is 5.75 Å². The Kier molecular flexibility index (Phi) is 9.93. The maximum atomic E-state index is 13.0. The zero-order chi connectivity index (χ0) is 29.0. The van der Waals surface area contributed by atoms with Crippen molar-refractivity contribution in [3.05, 3.63) is 29.8 Å². The predicted octanol–water partition coefficient (Wildman–Crippen LogP) is 4.97. The number of nitrogens with one attached hydrogen (secondary N) is 1. The van der Waals surface area contributed by atoms with Crippen molar-refractivity contribution in [1.29, 1.82) is 0 Å². The lowest BCUT2D eigenvalue weighted by atomic mass is 9.97. The number of carbonyl (C=O) groups is 2. The molecule has 11 heteroatoms. The minimum Gasteiger partial charge on any atom is -0.444 e. The van der Waals surface area contributed by atoms with Gasteiger partial charge < -0.3 is 23.8 Å². The van der Waals surface area contributed by atoms with E-state index in [9.17, 15) is 18.0 Å². The average Bonchev–Trinajstić information content (AvgIpc) is 3.24. The molecule has 0 spiro atoms. The first kappa shape index (κ1) is 31.2. The molecule has 1 amide bonds. The molecule has 1 heterocycles. The van der Waals surface area contributed by atoms with Crippen molar-refractivity contribution in [2.45, 2.75) is 109 Å². The number of rotatable bonds is 7. The van der Waals surface area contributed by atoms with E-state index in [1.54, 1.807) is 52.5 Å². The molecule has 1 saturated heterocycles. The smallest absolute Gasteiger partial charge is 0.444 e. The van der Waals surface area contributed by atoms with E-state index in [1.807, 2.05) is 18.2 Å². The van der Waals surface area contributed by atoms with Gasteiger partial charge in [0.2, 0.25) is 10.0 Å². The molecule has 1 aromatic carbocycles. The Balaban J connectivity index is 1.64. The normalized spacial score (nSPS) is 24.3. The highest BCUT2D eigenvalue weighted by Crippen LogP contribution is 2.37. The molecule has 0 radical (unpaired) electrons. The fourth-order valence-electron chi connectivity index (χ4n) is 5.05. The Morgan fingerprint density at radius 3 is 2.36 bits per heavy atom. The first-order valence-corrected chi connectivity index (χ1v) is 15.5. The fraction of sp³-hybridized carbons (Fsp3) is 0.714. The van der Waals surface area contributed by atoms with E-state index >= 15 is 0 Å². The van der Waals surface area contributed by atoms with Crippen LogP contribution >= 0.6 is 0 Å². The zero-order valence-corrected chi connectivity index (χ0v) is 25.0. The summed E-state index contributed by atoms with van der Waals surface area (Å²) < 4.78 is 49.3. The van der Waals surface area contributed by atoms with E-state index < -0.39 is 45.6 Å². The van der Waals surface area contributed by atoms with Crippen molar-refractivity contribution >= 4 is 22.3 Å².